The molecule has 2 aliphatic heterocycles. The summed E-state index contributed by atoms with van der Waals surface area (Å²) in [5.41, 5.74) is 1.35. The third-order valence-corrected chi connectivity index (χ3v) is 5.87. The number of allylic oxidation sites excluding steroid dienone is 1. The number of aliphatic hydroxyl groups excluding tert-OH is 1. The summed E-state index contributed by atoms with van der Waals surface area (Å²) in [6.45, 7) is 2.51. The molecule has 0 aliphatic carbocycles. The van der Waals surface area contributed by atoms with Gasteiger partial charge in [-0.15, -0.1) is 0 Å². The summed E-state index contributed by atoms with van der Waals surface area (Å²) in [6.07, 6.45) is 3.72. The molecule has 3 rings (SSSR count). The van der Waals surface area contributed by atoms with Gasteiger partial charge in [0.1, 0.15) is 0 Å². The highest BCUT2D eigenvalue weighted by Gasteiger charge is 2.29. The maximum atomic E-state index is 12.8. The quantitative estimate of drug-likeness (QED) is 0.314. The molecule has 10 nitrogen and oxygen atoms in total. The van der Waals surface area contributed by atoms with Crippen molar-refractivity contribution in [3.63, 3.8) is 0 Å². The Morgan fingerprint density at radius 2 is 2.00 bits per heavy atom. The topological polar surface area (TPSA) is 124 Å². The van der Waals surface area contributed by atoms with Gasteiger partial charge in [-0.1, -0.05) is 12.1 Å². The van der Waals surface area contributed by atoms with E-state index >= 15 is 0 Å². The summed E-state index contributed by atoms with van der Waals surface area (Å²) in [4.78, 5) is 38.1. The average Bonchev–Trinajstić information content (AvgIpc) is 3.30. The average molecular weight is 491 g/mol. The second-order valence-corrected chi connectivity index (χ2v) is 8.33. The molecule has 10 heteroatoms. The number of rotatable bonds is 13. The monoisotopic (exact) mass is 490 g/mol. The van der Waals surface area contributed by atoms with Gasteiger partial charge in [0.05, 0.1) is 39.1 Å². The smallest absolute Gasteiger partial charge is 0.337 e. The van der Waals surface area contributed by atoms with Crippen molar-refractivity contribution in [2.45, 2.75) is 37.9 Å². The van der Waals surface area contributed by atoms with Crippen molar-refractivity contribution < 1.29 is 38.4 Å². The molecule has 192 valence electrons. The second-order valence-electron chi connectivity index (χ2n) is 8.33. The van der Waals surface area contributed by atoms with E-state index < -0.39 is 12.3 Å². The van der Waals surface area contributed by atoms with Gasteiger partial charge in [0, 0.05) is 38.4 Å². The lowest BCUT2D eigenvalue weighted by Crippen LogP contribution is -2.35. The van der Waals surface area contributed by atoms with Crippen LogP contribution in [0.25, 0.3) is 0 Å². The van der Waals surface area contributed by atoms with Crippen LogP contribution in [0.2, 0.25) is 0 Å². The Bertz CT molecular complexity index is 886. The van der Waals surface area contributed by atoms with Crippen LogP contribution in [0.4, 0.5) is 0 Å². The van der Waals surface area contributed by atoms with Crippen LogP contribution >= 0.6 is 0 Å². The zero-order valence-corrected chi connectivity index (χ0v) is 20.1. The Labute approximate surface area is 205 Å². The van der Waals surface area contributed by atoms with Crippen LogP contribution in [0.1, 0.15) is 47.5 Å². The number of carbonyl (C=O) groups excluding carboxylic acids is 3. The number of aliphatic hydroxyl groups is 1. The molecule has 0 aromatic heterocycles. The van der Waals surface area contributed by atoms with Crippen LogP contribution in [0.5, 0.6) is 0 Å². The van der Waals surface area contributed by atoms with Gasteiger partial charge in [-0.05, 0) is 36.6 Å². The zero-order chi connectivity index (χ0) is 25.0. The van der Waals surface area contributed by atoms with Crippen LogP contribution < -0.4 is 5.32 Å². The van der Waals surface area contributed by atoms with Gasteiger partial charge in [0.2, 0.25) is 12.2 Å². The molecule has 35 heavy (non-hydrogen) atoms. The van der Waals surface area contributed by atoms with Crippen molar-refractivity contribution >= 4 is 17.8 Å². The SMILES string of the molecule is COC(=O)c1ccc([C@H]2C=C(C(=O)NCCCN3CCCC3=O)O[C@@H](OCCOCCO)C2)cc1. The minimum absolute atomic E-state index is 0.0669. The molecule has 0 radical (unpaired) electrons. The first-order chi connectivity index (χ1) is 17.0. The van der Waals surface area contributed by atoms with Gasteiger partial charge < -0.3 is 34.3 Å². The van der Waals surface area contributed by atoms with E-state index in [0.717, 1.165) is 18.5 Å². The molecule has 0 unspecified atom stereocenters. The normalized spacial score (nSPS) is 19.8. The molecule has 1 aromatic rings. The number of nitrogens with zero attached hydrogens (tertiary/aromatic N) is 1. The van der Waals surface area contributed by atoms with Crippen LogP contribution in [-0.4, -0.2) is 87.3 Å². The molecule has 1 aromatic carbocycles. The molecule has 2 atom stereocenters. The fourth-order valence-electron chi connectivity index (χ4n) is 4.04. The van der Waals surface area contributed by atoms with Crippen molar-refractivity contribution in [2.75, 3.05) is 53.2 Å². The highest BCUT2D eigenvalue weighted by Crippen LogP contribution is 2.31. The predicted molar refractivity (Wildman–Crippen MR) is 125 cm³/mol. The summed E-state index contributed by atoms with van der Waals surface area (Å²) in [7, 11) is 1.33. The van der Waals surface area contributed by atoms with E-state index in [-0.39, 0.29) is 43.3 Å². The molecule has 0 spiro atoms. The van der Waals surface area contributed by atoms with E-state index in [4.69, 9.17) is 24.1 Å². The van der Waals surface area contributed by atoms with E-state index in [1.165, 1.54) is 7.11 Å². The van der Waals surface area contributed by atoms with Crippen LogP contribution in [0.3, 0.4) is 0 Å². The molecular formula is C25H34N2O8. The van der Waals surface area contributed by atoms with Gasteiger partial charge in [0.15, 0.2) is 5.76 Å². The lowest BCUT2D eigenvalue weighted by atomic mass is 9.92. The van der Waals surface area contributed by atoms with E-state index in [2.05, 4.69) is 5.32 Å². The standard InChI is InChI=1S/C25H34N2O8/c1-32-25(31)19-7-5-18(6-8-19)20-16-21(35-23(17-20)34-15-14-33-13-12-28)24(30)26-9-3-11-27-10-2-4-22(27)29/h5-8,16,20,23,28H,2-4,9-15,17H2,1H3,(H,26,30)/t20-,23+/m0/s1. The summed E-state index contributed by atoms with van der Waals surface area (Å²) in [5, 5.41) is 11.7. The number of likely N-dealkylation sites (tertiary alicyclic amines) is 1. The molecule has 2 aliphatic rings. The first-order valence-electron chi connectivity index (χ1n) is 11.9. The van der Waals surface area contributed by atoms with Gasteiger partial charge in [0.25, 0.3) is 5.91 Å². The molecule has 1 saturated heterocycles. The summed E-state index contributed by atoms with van der Waals surface area (Å²) >= 11 is 0. The Balaban J connectivity index is 1.60. The van der Waals surface area contributed by atoms with Crippen molar-refractivity contribution in [2.24, 2.45) is 0 Å². The maximum absolute atomic E-state index is 12.8. The summed E-state index contributed by atoms with van der Waals surface area (Å²) < 4.78 is 21.6. The largest absolute Gasteiger partial charge is 0.465 e. The van der Waals surface area contributed by atoms with Gasteiger partial charge in [-0.25, -0.2) is 4.79 Å². The van der Waals surface area contributed by atoms with Crippen molar-refractivity contribution in [1.82, 2.24) is 10.2 Å². The second kappa shape index (κ2) is 13.8. The highest BCUT2D eigenvalue weighted by molar-refractivity contribution is 5.92. The Hall–Kier alpha value is -2.95. The third-order valence-electron chi connectivity index (χ3n) is 5.87. The number of nitrogens with one attached hydrogen (secondary N) is 1. The first-order valence-corrected chi connectivity index (χ1v) is 11.9. The van der Waals surface area contributed by atoms with Gasteiger partial charge in [-0.3, -0.25) is 9.59 Å². The van der Waals surface area contributed by atoms with Crippen molar-refractivity contribution in [3.8, 4) is 0 Å². The number of amides is 2. The fraction of sp³-hybridized carbons (Fsp3) is 0.560. The molecular weight excluding hydrogens is 456 g/mol. The van der Waals surface area contributed by atoms with Crippen LogP contribution in [0.15, 0.2) is 36.1 Å². The van der Waals surface area contributed by atoms with E-state index in [1.807, 2.05) is 17.0 Å². The first kappa shape index (κ1) is 26.7. The number of esters is 1. The zero-order valence-electron chi connectivity index (χ0n) is 20.1. The molecule has 2 heterocycles. The predicted octanol–water partition coefficient (Wildman–Crippen LogP) is 1.34. The number of carbonyl (C=O) groups is 3. The molecule has 2 N–H and O–H groups in total. The number of hydrogen-bond donors (Lipinski definition) is 2. The summed E-state index contributed by atoms with van der Waals surface area (Å²) in [5.74, 6) is -0.602. The van der Waals surface area contributed by atoms with E-state index in [1.54, 1.807) is 18.2 Å². The minimum Gasteiger partial charge on any atom is -0.465 e. The maximum Gasteiger partial charge on any atom is 0.337 e. The van der Waals surface area contributed by atoms with E-state index in [0.29, 0.717) is 44.5 Å². The van der Waals surface area contributed by atoms with E-state index in [9.17, 15) is 14.4 Å². The lowest BCUT2D eigenvalue weighted by molar-refractivity contribution is -0.151. The van der Waals surface area contributed by atoms with Crippen LogP contribution in [0, 0.1) is 0 Å². The number of hydrogen-bond acceptors (Lipinski definition) is 8. The Morgan fingerprint density at radius 3 is 2.69 bits per heavy atom. The molecule has 2 amide bonds. The lowest BCUT2D eigenvalue weighted by Gasteiger charge is -2.29. The van der Waals surface area contributed by atoms with Gasteiger partial charge in [-0.2, -0.15) is 0 Å². The van der Waals surface area contributed by atoms with Crippen molar-refractivity contribution in [3.05, 3.63) is 47.2 Å². The van der Waals surface area contributed by atoms with Crippen molar-refractivity contribution in [1.29, 1.82) is 0 Å². The molecule has 0 saturated carbocycles. The Kier molecular flexibility index (Phi) is 10.5. The van der Waals surface area contributed by atoms with Crippen LogP contribution in [-0.2, 0) is 28.5 Å². The number of ether oxygens (including phenoxy) is 4. The fourth-order valence-corrected chi connectivity index (χ4v) is 4.04. The molecule has 1 fully saturated rings. The Morgan fingerprint density at radius 1 is 1.20 bits per heavy atom. The highest BCUT2D eigenvalue weighted by atomic mass is 16.7. The minimum atomic E-state index is -0.661. The third kappa shape index (κ3) is 8.05. The van der Waals surface area contributed by atoms with Gasteiger partial charge >= 0.3 is 5.97 Å². The number of methoxy groups -OCH3 is 1. The number of benzene rings is 1. The summed E-state index contributed by atoms with van der Waals surface area (Å²) in [6, 6.07) is 7.01. The molecule has 0 bridgehead atoms.